The van der Waals surface area contributed by atoms with Crippen molar-refractivity contribution in [2.45, 2.75) is 23.5 Å². The molecule has 1 atom stereocenters. The number of carbonyl (C=O) groups is 2. The smallest absolute Gasteiger partial charge is 0.263 e. The molecule has 198 valence electrons. The summed E-state index contributed by atoms with van der Waals surface area (Å²) in [5.41, 5.74) is 3.05. The van der Waals surface area contributed by atoms with E-state index in [1.54, 1.807) is 24.3 Å². The lowest BCUT2D eigenvalue weighted by atomic mass is 10.1. The summed E-state index contributed by atoms with van der Waals surface area (Å²) in [6.07, 6.45) is 0.574. The molecule has 0 saturated carbocycles. The van der Waals surface area contributed by atoms with E-state index in [1.807, 2.05) is 60.8 Å². The Balaban J connectivity index is 1.48. The third-order valence-corrected chi connectivity index (χ3v) is 8.17. The number of benzene rings is 3. The van der Waals surface area contributed by atoms with Gasteiger partial charge in [0.05, 0.1) is 25.0 Å². The Morgan fingerprint density at radius 2 is 1.67 bits per heavy atom. The molecule has 1 unspecified atom stereocenters. The maximum Gasteiger partial charge on any atom is 0.263 e. The van der Waals surface area contributed by atoms with Gasteiger partial charge < -0.3 is 20.1 Å². The van der Waals surface area contributed by atoms with E-state index in [1.165, 1.54) is 37.3 Å². The summed E-state index contributed by atoms with van der Waals surface area (Å²) in [6, 6.07) is 24.3. The molecule has 0 saturated heterocycles. The Morgan fingerprint density at radius 1 is 0.974 bits per heavy atom. The highest BCUT2D eigenvalue weighted by Gasteiger charge is 2.22. The van der Waals surface area contributed by atoms with Crippen LogP contribution in [0.25, 0.3) is 11.1 Å². The van der Waals surface area contributed by atoms with Crippen molar-refractivity contribution < 1.29 is 19.1 Å². The highest BCUT2D eigenvalue weighted by atomic mass is 32.2. The van der Waals surface area contributed by atoms with Crippen molar-refractivity contribution in [1.29, 1.82) is 5.26 Å². The van der Waals surface area contributed by atoms with Gasteiger partial charge in [-0.25, -0.2) is 0 Å². The molecular weight excluding hydrogens is 530 g/mol. The highest BCUT2D eigenvalue weighted by Crippen LogP contribution is 2.36. The van der Waals surface area contributed by atoms with E-state index in [0.717, 1.165) is 16.0 Å². The minimum Gasteiger partial charge on any atom is -0.496 e. The molecule has 1 heterocycles. The molecule has 4 rings (SSSR count). The van der Waals surface area contributed by atoms with Gasteiger partial charge in [-0.2, -0.15) is 5.26 Å². The Morgan fingerprint density at radius 3 is 2.31 bits per heavy atom. The highest BCUT2D eigenvalue weighted by molar-refractivity contribution is 8.00. The van der Waals surface area contributed by atoms with Crippen LogP contribution in [0.3, 0.4) is 0 Å². The molecule has 39 heavy (non-hydrogen) atoms. The number of methoxy groups -OCH3 is 2. The van der Waals surface area contributed by atoms with Crippen LogP contribution in [-0.2, 0) is 4.79 Å². The summed E-state index contributed by atoms with van der Waals surface area (Å²) in [5.74, 6) is 0.252. The zero-order valence-corrected chi connectivity index (χ0v) is 23.3. The first-order valence-corrected chi connectivity index (χ1v) is 13.9. The molecule has 2 amide bonds. The first-order chi connectivity index (χ1) is 19.0. The minimum atomic E-state index is -0.404. The fourth-order valence-corrected chi connectivity index (χ4v) is 5.92. The predicted molar refractivity (Wildman–Crippen MR) is 157 cm³/mol. The molecule has 1 aromatic heterocycles. The monoisotopic (exact) mass is 557 g/mol. The zero-order valence-electron chi connectivity index (χ0n) is 21.7. The van der Waals surface area contributed by atoms with Crippen molar-refractivity contribution in [3.8, 4) is 28.7 Å². The number of carbonyl (C=O) groups excluding carboxylic acids is 2. The van der Waals surface area contributed by atoms with E-state index in [9.17, 15) is 14.9 Å². The summed E-state index contributed by atoms with van der Waals surface area (Å²) in [7, 11) is 2.99. The third kappa shape index (κ3) is 6.42. The SMILES string of the molecule is CCC(Sc1cccc(NC(=O)c2c(OC)cccc2OC)c1)C(=O)Nc1scc(-c2ccccc2)c1C#N. The third-order valence-electron chi connectivity index (χ3n) is 5.91. The number of thioether (sulfide) groups is 1. The summed E-state index contributed by atoms with van der Waals surface area (Å²) < 4.78 is 10.7. The van der Waals surface area contributed by atoms with Gasteiger partial charge in [-0.3, -0.25) is 9.59 Å². The lowest BCUT2D eigenvalue weighted by molar-refractivity contribution is -0.115. The van der Waals surface area contributed by atoms with Gasteiger partial charge >= 0.3 is 0 Å². The van der Waals surface area contributed by atoms with Crippen molar-refractivity contribution in [2.24, 2.45) is 0 Å². The van der Waals surface area contributed by atoms with E-state index in [2.05, 4.69) is 16.7 Å². The van der Waals surface area contributed by atoms with Crippen molar-refractivity contribution >= 4 is 45.6 Å². The first kappa shape index (κ1) is 27.8. The number of nitriles is 1. The van der Waals surface area contributed by atoms with E-state index >= 15 is 0 Å². The summed E-state index contributed by atoms with van der Waals surface area (Å²) in [6.45, 7) is 1.94. The summed E-state index contributed by atoms with van der Waals surface area (Å²) in [5, 5.41) is 17.7. The van der Waals surface area contributed by atoms with Gasteiger partial charge in [0.1, 0.15) is 28.1 Å². The average molecular weight is 558 g/mol. The fraction of sp³-hybridized carbons (Fsp3) is 0.167. The van der Waals surface area contributed by atoms with Gasteiger partial charge in [0.25, 0.3) is 5.91 Å². The molecular formula is C30H27N3O4S2. The van der Waals surface area contributed by atoms with Crippen molar-refractivity contribution in [1.82, 2.24) is 0 Å². The Kier molecular flexibility index (Phi) is 9.26. The predicted octanol–water partition coefficient (Wildman–Crippen LogP) is 7.07. The van der Waals surface area contributed by atoms with Crippen molar-refractivity contribution in [2.75, 3.05) is 24.9 Å². The standard InChI is InChI=1S/C30H27N3O4S2/c1-4-26(28(34)33-30-22(17-31)23(18-38-30)19-10-6-5-7-11-19)39-21-13-8-12-20(16-21)32-29(35)27-24(36-2)14-9-15-25(27)37-3/h5-16,18,26H,4H2,1-3H3,(H,32,35)(H,33,34). The van der Waals surface area contributed by atoms with Crippen LogP contribution in [0.5, 0.6) is 11.5 Å². The molecule has 0 radical (unpaired) electrons. The number of ether oxygens (including phenoxy) is 2. The topological polar surface area (TPSA) is 100 Å². The zero-order chi connectivity index (χ0) is 27.8. The second-order valence-electron chi connectivity index (χ2n) is 8.35. The molecule has 4 aromatic rings. The van der Waals surface area contributed by atoms with Crippen LogP contribution < -0.4 is 20.1 Å². The molecule has 0 aliphatic carbocycles. The first-order valence-electron chi connectivity index (χ1n) is 12.2. The number of hydrogen-bond acceptors (Lipinski definition) is 7. The molecule has 7 nitrogen and oxygen atoms in total. The van der Waals surface area contributed by atoms with Crippen LogP contribution in [0.15, 0.2) is 83.1 Å². The van der Waals surface area contributed by atoms with Gasteiger partial charge in [-0.15, -0.1) is 23.1 Å². The second kappa shape index (κ2) is 13.0. The molecule has 3 aromatic carbocycles. The summed E-state index contributed by atoms with van der Waals surface area (Å²) >= 11 is 2.73. The van der Waals surface area contributed by atoms with Crippen LogP contribution in [0.2, 0.25) is 0 Å². The van der Waals surface area contributed by atoms with Gasteiger partial charge in [-0.1, -0.05) is 49.4 Å². The fourth-order valence-electron chi connectivity index (χ4n) is 3.99. The van der Waals surface area contributed by atoms with Gasteiger partial charge in [0.2, 0.25) is 5.91 Å². The molecule has 0 bridgehead atoms. The molecule has 0 spiro atoms. The van der Waals surface area contributed by atoms with Crippen LogP contribution in [-0.4, -0.2) is 31.3 Å². The van der Waals surface area contributed by atoms with E-state index < -0.39 is 5.25 Å². The van der Waals surface area contributed by atoms with Crippen LogP contribution in [0, 0.1) is 11.3 Å². The molecule has 0 aliphatic rings. The number of rotatable bonds is 10. The van der Waals surface area contributed by atoms with Gasteiger partial charge in [-0.05, 0) is 42.3 Å². The van der Waals surface area contributed by atoms with Crippen LogP contribution in [0.1, 0.15) is 29.3 Å². The Hall–Kier alpha value is -4.26. The number of hydrogen-bond donors (Lipinski definition) is 2. The number of nitrogens with one attached hydrogen (secondary N) is 2. The second-order valence-corrected chi connectivity index (χ2v) is 10.5. The number of nitrogens with zero attached hydrogens (tertiary/aromatic N) is 1. The van der Waals surface area contributed by atoms with E-state index in [-0.39, 0.29) is 11.8 Å². The summed E-state index contributed by atoms with van der Waals surface area (Å²) in [4.78, 5) is 27.1. The van der Waals surface area contributed by atoms with E-state index in [0.29, 0.717) is 39.7 Å². The quantitative estimate of drug-likeness (QED) is 0.202. The molecule has 0 fully saturated rings. The maximum absolute atomic E-state index is 13.2. The normalized spacial score (nSPS) is 11.2. The number of anilines is 2. The van der Waals surface area contributed by atoms with Crippen molar-refractivity contribution in [3.63, 3.8) is 0 Å². The molecule has 9 heteroatoms. The van der Waals surface area contributed by atoms with E-state index in [4.69, 9.17) is 9.47 Å². The Labute approximate surface area is 235 Å². The number of amides is 2. The number of thiophene rings is 1. The average Bonchev–Trinajstić information content (AvgIpc) is 3.38. The van der Waals surface area contributed by atoms with Crippen molar-refractivity contribution in [3.05, 3.63) is 89.3 Å². The lowest BCUT2D eigenvalue weighted by Crippen LogP contribution is -2.24. The minimum absolute atomic E-state index is 0.186. The van der Waals surface area contributed by atoms with Gasteiger partial charge in [0, 0.05) is 21.5 Å². The maximum atomic E-state index is 13.2. The largest absolute Gasteiger partial charge is 0.496 e. The van der Waals surface area contributed by atoms with Crippen LogP contribution >= 0.6 is 23.1 Å². The molecule has 2 N–H and O–H groups in total. The lowest BCUT2D eigenvalue weighted by Gasteiger charge is -2.16. The molecule has 0 aliphatic heterocycles. The Bertz CT molecular complexity index is 1490. The van der Waals surface area contributed by atoms with Gasteiger partial charge in [0.15, 0.2) is 0 Å². The van der Waals surface area contributed by atoms with Crippen LogP contribution in [0.4, 0.5) is 10.7 Å².